The monoisotopic (exact) mass is 440 g/mol. The van der Waals surface area contributed by atoms with Crippen molar-refractivity contribution in [2.24, 2.45) is 0 Å². The smallest absolute Gasteiger partial charge is 0.223 e. The first-order valence-corrected chi connectivity index (χ1v) is 9.94. The Morgan fingerprint density at radius 1 is 1.03 bits per heavy atom. The van der Waals surface area contributed by atoms with Gasteiger partial charge in [-0.15, -0.1) is 24.8 Å². The zero-order valence-corrected chi connectivity index (χ0v) is 18.3. The summed E-state index contributed by atoms with van der Waals surface area (Å²) < 4.78 is 2.07. The van der Waals surface area contributed by atoms with Crippen LogP contribution in [0.4, 0.5) is 0 Å². The van der Waals surface area contributed by atoms with Crippen LogP contribution in [-0.2, 0) is 30.7 Å². The van der Waals surface area contributed by atoms with E-state index < -0.39 is 0 Å². The molecular formula is C20H30Cl2N6O. The molecule has 0 radical (unpaired) electrons. The standard InChI is InChI=1S/C20H28N6O.2ClH/c27-20(5-4-18-15-19-16-21-8-10-26(19)23-18)25-13-11-24(12-14-25)9-6-17-3-1-2-7-22-17;;/h1-3,7,15,21H,4-6,8-14,16H2;2*1H. The molecular weight excluding hydrogens is 411 g/mol. The second kappa shape index (κ2) is 11.5. The minimum atomic E-state index is 0. The zero-order chi connectivity index (χ0) is 18.5. The highest BCUT2D eigenvalue weighted by Gasteiger charge is 2.21. The molecule has 160 valence electrons. The summed E-state index contributed by atoms with van der Waals surface area (Å²) in [5, 5.41) is 7.98. The fraction of sp³-hybridized carbons (Fsp3) is 0.550. The minimum Gasteiger partial charge on any atom is -0.340 e. The van der Waals surface area contributed by atoms with E-state index in [1.165, 1.54) is 5.69 Å². The zero-order valence-electron chi connectivity index (χ0n) is 16.6. The van der Waals surface area contributed by atoms with Crippen molar-refractivity contribution in [1.29, 1.82) is 0 Å². The number of hydrogen-bond donors (Lipinski definition) is 1. The molecule has 0 spiro atoms. The molecule has 0 unspecified atom stereocenters. The molecule has 7 nitrogen and oxygen atoms in total. The van der Waals surface area contributed by atoms with Gasteiger partial charge >= 0.3 is 0 Å². The largest absolute Gasteiger partial charge is 0.340 e. The van der Waals surface area contributed by atoms with Gasteiger partial charge in [0.05, 0.1) is 17.9 Å². The van der Waals surface area contributed by atoms with E-state index in [-0.39, 0.29) is 30.7 Å². The van der Waals surface area contributed by atoms with Gasteiger partial charge in [-0.3, -0.25) is 19.4 Å². The molecule has 2 aliphatic heterocycles. The second-order valence-electron chi connectivity index (χ2n) is 7.32. The third-order valence-electron chi connectivity index (χ3n) is 5.45. The minimum absolute atomic E-state index is 0. The van der Waals surface area contributed by atoms with Crippen molar-refractivity contribution in [3.8, 4) is 0 Å². The molecule has 1 amide bonds. The highest BCUT2D eigenvalue weighted by molar-refractivity contribution is 5.85. The van der Waals surface area contributed by atoms with Gasteiger partial charge in [0.1, 0.15) is 0 Å². The summed E-state index contributed by atoms with van der Waals surface area (Å²) in [6.07, 6.45) is 4.10. The average Bonchev–Trinajstić information content (AvgIpc) is 3.15. The van der Waals surface area contributed by atoms with Crippen LogP contribution in [0.5, 0.6) is 0 Å². The van der Waals surface area contributed by atoms with Crippen molar-refractivity contribution >= 4 is 30.7 Å². The summed E-state index contributed by atoms with van der Waals surface area (Å²) in [4.78, 5) is 21.4. The molecule has 2 aliphatic rings. The number of nitrogens with zero attached hydrogens (tertiary/aromatic N) is 5. The van der Waals surface area contributed by atoms with Crippen molar-refractivity contribution in [3.05, 3.63) is 47.5 Å². The Balaban J connectivity index is 0.00000150. The van der Waals surface area contributed by atoms with Crippen molar-refractivity contribution in [2.45, 2.75) is 32.4 Å². The van der Waals surface area contributed by atoms with Crippen molar-refractivity contribution in [1.82, 2.24) is 29.9 Å². The fourth-order valence-corrected chi connectivity index (χ4v) is 3.81. The fourth-order valence-electron chi connectivity index (χ4n) is 3.81. The van der Waals surface area contributed by atoms with E-state index in [1.54, 1.807) is 0 Å². The van der Waals surface area contributed by atoms with Gasteiger partial charge in [0.2, 0.25) is 5.91 Å². The van der Waals surface area contributed by atoms with Gasteiger partial charge in [0.15, 0.2) is 0 Å². The van der Waals surface area contributed by atoms with E-state index in [1.807, 2.05) is 23.2 Å². The predicted octanol–water partition coefficient (Wildman–Crippen LogP) is 1.54. The van der Waals surface area contributed by atoms with E-state index in [0.717, 1.165) is 76.6 Å². The number of carbonyl (C=O) groups excluding carboxylic acids is 1. The summed E-state index contributed by atoms with van der Waals surface area (Å²) in [5.41, 5.74) is 3.40. The number of carbonyl (C=O) groups is 1. The summed E-state index contributed by atoms with van der Waals surface area (Å²) >= 11 is 0. The molecule has 0 atom stereocenters. The highest BCUT2D eigenvalue weighted by atomic mass is 35.5. The van der Waals surface area contributed by atoms with E-state index in [2.05, 4.69) is 37.1 Å². The lowest BCUT2D eigenvalue weighted by Gasteiger charge is -2.34. The Labute approximate surface area is 184 Å². The number of aryl methyl sites for hydroxylation is 1. The number of aromatic nitrogens is 3. The number of piperazine rings is 1. The first-order chi connectivity index (χ1) is 13.3. The summed E-state index contributed by atoms with van der Waals surface area (Å²) in [5.74, 6) is 0.253. The second-order valence-corrected chi connectivity index (χ2v) is 7.32. The normalized spacial score (nSPS) is 16.5. The third kappa shape index (κ3) is 6.40. The van der Waals surface area contributed by atoms with Gasteiger partial charge in [-0.05, 0) is 18.2 Å². The van der Waals surface area contributed by atoms with Crippen molar-refractivity contribution in [2.75, 3.05) is 39.3 Å². The number of pyridine rings is 1. The van der Waals surface area contributed by atoms with Gasteiger partial charge in [-0.25, -0.2) is 0 Å². The maximum absolute atomic E-state index is 12.6. The van der Waals surface area contributed by atoms with E-state index in [0.29, 0.717) is 6.42 Å². The molecule has 0 aromatic carbocycles. The van der Waals surface area contributed by atoms with Crippen molar-refractivity contribution in [3.63, 3.8) is 0 Å². The number of hydrogen-bond acceptors (Lipinski definition) is 5. The number of amides is 1. The Kier molecular flexibility index (Phi) is 9.36. The van der Waals surface area contributed by atoms with Gasteiger partial charge in [-0.1, -0.05) is 6.07 Å². The first-order valence-electron chi connectivity index (χ1n) is 9.94. The van der Waals surface area contributed by atoms with Crippen molar-refractivity contribution < 1.29 is 4.79 Å². The van der Waals surface area contributed by atoms with Crippen LogP contribution in [0.3, 0.4) is 0 Å². The molecule has 1 saturated heterocycles. The molecule has 0 bridgehead atoms. The summed E-state index contributed by atoms with van der Waals surface area (Å²) in [6, 6.07) is 8.19. The molecule has 1 N–H and O–H groups in total. The van der Waals surface area contributed by atoms with E-state index in [9.17, 15) is 4.79 Å². The Hall–Kier alpha value is -1.67. The molecule has 0 aliphatic carbocycles. The number of fused-ring (bicyclic) bond motifs is 1. The van der Waals surface area contributed by atoms with Crippen LogP contribution in [0, 0.1) is 0 Å². The molecule has 4 rings (SSSR count). The van der Waals surface area contributed by atoms with Crippen LogP contribution in [0.2, 0.25) is 0 Å². The third-order valence-corrected chi connectivity index (χ3v) is 5.45. The average molecular weight is 441 g/mol. The van der Waals surface area contributed by atoms with Gasteiger partial charge < -0.3 is 10.2 Å². The maximum atomic E-state index is 12.6. The van der Waals surface area contributed by atoms with Gasteiger partial charge in [0, 0.05) is 77.0 Å². The highest BCUT2D eigenvalue weighted by Crippen LogP contribution is 2.11. The number of nitrogens with one attached hydrogen (secondary N) is 1. The van der Waals surface area contributed by atoms with Crippen LogP contribution in [0.15, 0.2) is 30.5 Å². The molecule has 0 saturated carbocycles. The summed E-state index contributed by atoms with van der Waals surface area (Å²) in [7, 11) is 0. The quantitative estimate of drug-likeness (QED) is 0.737. The number of rotatable bonds is 6. The molecule has 2 aromatic heterocycles. The van der Waals surface area contributed by atoms with Crippen LogP contribution in [0.25, 0.3) is 0 Å². The first kappa shape index (κ1) is 23.6. The summed E-state index contributed by atoms with van der Waals surface area (Å²) in [6.45, 7) is 7.32. The van der Waals surface area contributed by atoms with Gasteiger partial charge in [-0.2, -0.15) is 5.10 Å². The SMILES string of the molecule is Cl.Cl.O=C(CCc1cc2n(n1)CCNC2)N1CCN(CCc2ccccn2)CC1. The maximum Gasteiger partial charge on any atom is 0.223 e. The molecule has 2 aromatic rings. The Bertz CT molecular complexity index is 738. The van der Waals surface area contributed by atoms with Crippen LogP contribution >= 0.6 is 24.8 Å². The Morgan fingerprint density at radius 2 is 1.86 bits per heavy atom. The van der Waals surface area contributed by atoms with E-state index in [4.69, 9.17) is 0 Å². The predicted molar refractivity (Wildman–Crippen MR) is 118 cm³/mol. The molecule has 9 heteroatoms. The van der Waals surface area contributed by atoms with Crippen LogP contribution < -0.4 is 5.32 Å². The Morgan fingerprint density at radius 3 is 2.59 bits per heavy atom. The lowest BCUT2D eigenvalue weighted by atomic mass is 10.2. The number of halogens is 2. The topological polar surface area (TPSA) is 66.3 Å². The molecule has 1 fully saturated rings. The molecule has 4 heterocycles. The van der Waals surface area contributed by atoms with Gasteiger partial charge in [0.25, 0.3) is 0 Å². The lowest BCUT2D eigenvalue weighted by molar-refractivity contribution is -0.132. The van der Waals surface area contributed by atoms with E-state index >= 15 is 0 Å². The van der Waals surface area contributed by atoms with Crippen LogP contribution in [-0.4, -0.2) is 69.7 Å². The lowest BCUT2D eigenvalue weighted by Crippen LogP contribution is -2.49. The molecule has 29 heavy (non-hydrogen) atoms. The van der Waals surface area contributed by atoms with Crippen LogP contribution in [0.1, 0.15) is 23.5 Å².